The average molecular weight is 599 g/mol. The van der Waals surface area contributed by atoms with Crippen molar-refractivity contribution >= 4 is 7.82 Å². The van der Waals surface area contributed by atoms with Crippen LogP contribution < -0.4 is 4.57 Å². The number of unbranched alkanes of at least 4 members (excludes halogenated alkanes) is 16. The molecule has 0 aliphatic carbocycles. The Morgan fingerprint density at radius 3 is 1.76 bits per heavy atom. The van der Waals surface area contributed by atoms with E-state index in [1.807, 2.05) is 0 Å². The topological polar surface area (TPSA) is 68.9 Å². The van der Waals surface area contributed by atoms with Crippen LogP contribution >= 0.6 is 7.82 Å². The van der Waals surface area contributed by atoms with E-state index < -0.39 is 7.82 Å². The van der Waals surface area contributed by atoms with Gasteiger partial charge in [-0.1, -0.05) is 110 Å². The van der Waals surface area contributed by atoms with Crippen molar-refractivity contribution in [3.8, 4) is 0 Å². The second-order valence-electron chi connectivity index (χ2n) is 12.0. The van der Waals surface area contributed by atoms with Gasteiger partial charge in [0, 0.05) is 31.1 Å². The first kappa shape index (κ1) is 38.2. The molecule has 1 aromatic heterocycles. The monoisotopic (exact) mass is 598 g/mol. The van der Waals surface area contributed by atoms with Crippen molar-refractivity contribution in [3.63, 3.8) is 0 Å². The van der Waals surface area contributed by atoms with Gasteiger partial charge in [0.2, 0.25) is 0 Å². The number of rotatable bonds is 30. The van der Waals surface area contributed by atoms with Crippen molar-refractivity contribution < 1.29 is 27.8 Å². The van der Waals surface area contributed by atoms with Crippen LogP contribution in [-0.4, -0.2) is 31.3 Å². The third kappa shape index (κ3) is 24.4. The van der Waals surface area contributed by atoms with Gasteiger partial charge in [-0.05, 0) is 38.2 Å². The molecule has 1 N–H and O–H groups in total. The lowest BCUT2D eigenvalue weighted by atomic mass is 10.0. The molecule has 2 atom stereocenters. The predicted octanol–water partition coefficient (Wildman–Crippen LogP) is 9.89. The van der Waals surface area contributed by atoms with Crippen LogP contribution in [0.1, 0.15) is 148 Å². The Kier molecular flexibility index (Phi) is 25.0. The Bertz CT molecular complexity index is 745. The molecule has 1 aromatic rings. The summed E-state index contributed by atoms with van der Waals surface area (Å²) in [6, 6.07) is 4.23. The zero-order valence-electron chi connectivity index (χ0n) is 27.0. The molecule has 0 aromatic carbocycles. The van der Waals surface area contributed by atoms with Crippen LogP contribution in [0.25, 0.3) is 0 Å². The van der Waals surface area contributed by atoms with Gasteiger partial charge in [0.25, 0.3) is 0 Å². The zero-order valence-corrected chi connectivity index (χ0v) is 27.9. The normalized spacial score (nSPS) is 13.9. The summed E-state index contributed by atoms with van der Waals surface area (Å²) in [5.74, 6) is 0.120. The Balaban J connectivity index is 1.97. The predicted molar refractivity (Wildman–Crippen MR) is 171 cm³/mol. The molecule has 0 aliphatic rings. The van der Waals surface area contributed by atoms with E-state index in [-0.39, 0.29) is 19.1 Å². The molecule has 0 aliphatic heterocycles. The highest BCUT2D eigenvalue weighted by molar-refractivity contribution is 7.47. The minimum absolute atomic E-state index is 0.120. The maximum Gasteiger partial charge on any atom is 0.472 e. The smallest absolute Gasteiger partial charge is 0.381 e. The van der Waals surface area contributed by atoms with Gasteiger partial charge in [0.1, 0.15) is 6.54 Å². The number of ether oxygens (including phenoxy) is 1. The molecule has 0 saturated heterocycles. The molecule has 0 radical (unpaired) electrons. The van der Waals surface area contributed by atoms with Gasteiger partial charge in [-0.15, -0.1) is 0 Å². The molecule has 2 unspecified atom stereocenters. The molecule has 1 heterocycles. The lowest BCUT2D eigenvalue weighted by molar-refractivity contribution is -0.697. The number of hydrogen-bond donors (Lipinski definition) is 1. The molecule has 1 rings (SSSR count). The van der Waals surface area contributed by atoms with Gasteiger partial charge in [-0.3, -0.25) is 9.05 Å². The molecule has 0 bridgehead atoms. The number of phosphoric ester groups is 1. The lowest BCUT2D eigenvalue weighted by Gasteiger charge is -2.19. The van der Waals surface area contributed by atoms with E-state index in [2.05, 4.69) is 49.9 Å². The first-order chi connectivity index (χ1) is 20.0. The van der Waals surface area contributed by atoms with Gasteiger partial charge < -0.3 is 9.63 Å². The van der Waals surface area contributed by atoms with Gasteiger partial charge in [-0.2, -0.15) is 0 Å². The van der Waals surface area contributed by atoms with Crippen LogP contribution in [0.15, 0.2) is 24.5 Å². The Morgan fingerprint density at radius 2 is 1.20 bits per heavy atom. The highest BCUT2D eigenvalue weighted by Gasteiger charge is 2.23. The zero-order chi connectivity index (χ0) is 29.9. The van der Waals surface area contributed by atoms with Crippen LogP contribution in [0, 0.1) is 12.8 Å². The fraction of sp³-hybridized carbons (Fsp3) is 0.853. The summed E-state index contributed by atoms with van der Waals surface area (Å²) in [7, 11) is -4.01. The summed E-state index contributed by atoms with van der Waals surface area (Å²) < 4.78 is 30.9. The van der Waals surface area contributed by atoms with Crippen molar-refractivity contribution in [2.75, 3.05) is 26.4 Å². The number of aryl methyl sites for hydroxylation is 2. The van der Waals surface area contributed by atoms with E-state index in [4.69, 9.17) is 13.8 Å². The van der Waals surface area contributed by atoms with E-state index in [9.17, 15) is 9.46 Å². The lowest BCUT2D eigenvalue weighted by Crippen LogP contribution is -2.32. The third-order valence-corrected chi connectivity index (χ3v) is 8.77. The van der Waals surface area contributed by atoms with E-state index >= 15 is 0 Å². The minimum atomic E-state index is -4.01. The fourth-order valence-corrected chi connectivity index (χ4v) is 5.95. The first-order valence-corrected chi connectivity index (χ1v) is 18.6. The van der Waals surface area contributed by atoms with E-state index in [0.29, 0.717) is 6.61 Å². The number of aromatic nitrogens is 1. The Morgan fingerprint density at radius 1 is 0.683 bits per heavy atom. The summed E-state index contributed by atoms with van der Waals surface area (Å²) in [6.07, 6.45) is 28.9. The first-order valence-electron chi connectivity index (χ1n) is 17.1. The van der Waals surface area contributed by atoms with Crippen molar-refractivity contribution in [2.24, 2.45) is 5.92 Å². The Labute approximate surface area is 253 Å². The summed E-state index contributed by atoms with van der Waals surface area (Å²) in [5.41, 5.74) is 1.27. The second-order valence-corrected chi connectivity index (χ2v) is 13.4. The largest absolute Gasteiger partial charge is 0.472 e. The van der Waals surface area contributed by atoms with E-state index in [0.717, 1.165) is 58.1 Å². The summed E-state index contributed by atoms with van der Waals surface area (Å²) >= 11 is 0. The average Bonchev–Trinajstić information content (AvgIpc) is 2.96. The molecule has 0 spiro atoms. The summed E-state index contributed by atoms with van der Waals surface area (Å²) in [5, 5.41) is 0. The summed E-state index contributed by atoms with van der Waals surface area (Å²) in [6.45, 7) is 9.26. The number of phosphoric acid groups is 1. The SMILES string of the molecule is CCCCCCCCCCCCCCCCOCC(CCC)COP(=O)(O)OCCCCCC[n+]1ccc(C)cc1. The summed E-state index contributed by atoms with van der Waals surface area (Å²) in [4.78, 5) is 10.1. The molecule has 240 valence electrons. The van der Waals surface area contributed by atoms with E-state index in [1.165, 1.54) is 89.0 Å². The van der Waals surface area contributed by atoms with Crippen LogP contribution in [0.5, 0.6) is 0 Å². The maximum atomic E-state index is 12.3. The maximum absolute atomic E-state index is 12.3. The molecular formula is C34H65NO5P+. The van der Waals surface area contributed by atoms with Crippen molar-refractivity contribution in [1.82, 2.24) is 0 Å². The standard InChI is InChI=1S/C34H64NO5P/c1-4-6-7-8-9-10-11-12-13-14-15-16-18-21-29-38-31-34(23-5-2)32-40-41(36,37)39-30-22-19-17-20-26-35-27-24-33(3)25-28-35/h24-25,27-28,34H,4-23,26,29-32H2,1-3H3/p+1. The molecular weight excluding hydrogens is 533 g/mol. The minimum Gasteiger partial charge on any atom is -0.381 e. The quantitative estimate of drug-likeness (QED) is 0.0542. The van der Waals surface area contributed by atoms with Gasteiger partial charge >= 0.3 is 7.82 Å². The Hall–Kier alpha value is -0.780. The fourth-order valence-electron chi connectivity index (χ4n) is 5.12. The van der Waals surface area contributed by atoms with Gasteiger partial charge in [0.05, 0.1) is 19.8 Å². The van der Waals surface area contributed by atoms with Crippen LogP contribution in [0.2, 0.25) is 0 Å². The molecule has 6 nitrogen and oxygen atoms in total. The molecule has 7 heteroatoms. The van der Waals surface area contributed by atoms with Crippen molar-refractivity contribution in [1.29, 1.82) is 0 Å². The van der Waals surface area contributed by atoms with Crippen molar-refractivity contribution in [3.05, 3.63) is 30.1 Å². The highest BCUT2D eigenvalue weighted by atomic mass is 31.2. The van der Waals surface area contributed by atoms with Gasteiger partial charge in [-0.25, -0.2) is 9.13 Å². The number of nitrogens with zero attached hydrogens (tertiary/aromatic N) is 1. The van der Waals surface area contributed by atoms with Crippen LogP contribution in [0.3, 0.4) is 0 Å². The highest BCUT2D eigenvalue weighted by Crippen LogP contribution is 2.44. The molecule has 0 amide bonds. The van der Waals surface area contributed by atoms with Crippen molar-refractivity contribution in [2.45, 2.75) is 156 Å². The second kappa shape index (κ2) is 26.8. The van der Waals surface area contributed by atoms with Crippen LogP contribution in [-0.2, 0) is 24.9 Å². The molecule has 0 fully saturated rings. The number of hydrogen-bond acceptors (Lipinski definition) is 4. The third-order valence-electron chi connectivity index (χ3n) is 7.79. The van der Waals surface area contributed by atoms with E-state index in [1.54, 1.807) is 0 Å². The molecule has 41 heavy (non-hydrogen) atoms. The van der Waals surface area contributed by atoms with Crippen LogP contribution in [0.4, 0.5) is 0 Å². The van der Waals surface area contributed by atoms with Gasteiger partial charge in [0.15, 0.2) is 12.4 Å². The molecule has 0 saturated carbocycles. The number of pyridine rings is 1.